The maximum absolute atomic E-state index is 11.8. The lowest BCUT2D eigenvalue weighted by Crippen LogP contribution is -2.39. The molecule has 0 aliphatic rings. The summed E-state index contributed by atoms with van der Waals surface area (Å²) in [5.74, 6) is 0.834. The summed E-state index contributed by atoms with van der Waals surface area (Å²) in [5.41, 5.74) is 1.10. The molecule has 1 aromatic heterocycles. The van der Waals surface area contributed by atoms with E-state index in [9.17, 15) is 4.79 Å². The molecule has 6 nitrogen and oxygen atoms in total. The van der Waals surface area contributed by atoms with E-state index in [0.29, 0.717) is 30.4 Å². The molecule has 0 aliphatic heterocycles. The molecule has 2 aromatic rings. The van der Waals surface area contributed by atoms with Crippen molar-refractivity contribution < 1.29 is 9.21 Å². The van der Waals surface area contributed by atoms with Gasteiger partial charge in [-0.3, -0.25) is 9.79 Å². The van der Waals surface area contributed by atoms with Crippen molar-refractivity contribution in [1.82, 2.24) is 15.5 Å². The number of furan rings is 1. The predicted octanol–water partition coefficient (Wildman–Crippen LogP) is 2.76. The zero-order chi connectivity index (χ0) is 18.1. The molecule has 0 radical (unpaired) electrons. The monoisotopic (exact) mass is 362 g/mol. The topological polar surface area (TPSA) is 69.9 Å². The fraction of sp³-hybridized carbons (Fsp3) is 0.333. The Morgan fingerprint density at radius 3 is 2.80 bits per heavy atom. The molecule has 7 heteroatoms. The van der Waals surface area contributed by atoms with Crippen LogP contribution in [-0.2, 0) is 6.54 Å². The molecule has 0 aliphatic carbocycles. The molecule has 0 spiro atoms. The van der Waals surface area contributed by atoms with E-state index in [2.05, 4.69) is 15.6 Å². The Balaban J connectivity index is 1.87. The fourth-order valence-corrected chi connectivity index (χ4v) is 2.49. The lowest BCUT2D eigenvalue weighted by molar-refractivity contribution is 0.0927. The number of rotatable bonds is 7. The summed E-state index contributed by atoms with van der Waals surface area (Å²) in [6.07, 6.45) is 1.47. The van der Waals surface area contributed by atoms with Gasteiger partial charge in [0, 0.05) is 31.7 Å². The molecule has 0 atom stereocenters. The molecule has 25 heavy (non-hydrogen) atoms. The number of aliphatic imine (C=N–C) groups is 1. The zero-order valence-corrected chi connectivity index (χ0v) is 15.2. The average molecular weight is 363 g/mol. The van der Waals surface area contributed by atoms with Crippen LogP contribution in [0.2, 0.25) is 5.02 Å². The first-order chi connectivity index (χ1) is 12.1. The van der Waals surface area contributed by atoms with Crippen LogP contribution in [0.5, 0.6) is 0 Å². The molecule has 0 bridgehead atoms. The summed E-state index contributed by atoms with van der Waals surface area (Å²) in [4.78, 5) is 18.3. The van der Waals surface area contributed by atoms with Gasteiger partial charge in [-0.25, -0.2) is 0 Å². The van der Waals surface area contributed by atoms with Crippen molar-refractivity contribution in [1.29, 1.82) is 0 Å². The molecular formula is C18H23ClN4O2. The molecule has 2 rings (SSSR count). The molecule has 1 amide bonds. The van der Waals surface area contributed by atoms with Crippen LogP contribution in [0.15, 0.2) is 52.1 Å². The standard InChI is InChI=1S/C18H23ClN4O2/c1-3-20-18(23(2)13-14-6-4-7-15(19)12-14)22-10-9-21-17(24)16-8-5-11-25-16/h4-8,11-12H,3,9-10,13H2,1-2H3,(H,20,22)(H,21,24). The third kappa shape index (κ3) is 6.15. The van der Waals surface area contributed by atoms with Gasteiger partial charge in [-0.05, 0) is 36.8 Å². The normalized spacial score (nSPS) is 11.2. The Kier molecular flexibility index (Phi) is 7.35. The molecule has 0 saturated heterocycles. The van der Waals surface area contributed by atoms with Gasteiger partial charge < -0.3 is 20.0 Å². The highest BCUT2D eigenvalue weighted by atomic mass is 35.5. The van der Waals surface area contributed by atoms with Crippen molar-refractivity contribution >= 4 is 23.5 Å². The Labute approximate surface area is 152 Å². The number of benzene rings is 1. The van der Waals surface area contributed by atoms with E-state index in [0.717, 1.165) is 18.1 Å². The number of hydrogen-bond acceptors (Lipinski definition) is 3. The van der Waals surface area contributed by atoms with E-state index >= 15 is 0 Å². The van der Waals surface area contributed by atoms with Crippen molar-refractivity contribution in [3.63, 3.8) is 0 Å². The Morgan fingerprint density at radius 2 is 2.12 bits per heavy atom. The van der Waals surface area contributed by atoms with Crippen LogP contribution in [0.3, 0.4) is 0 Å². The number of nitrogens with zero attached hydrogens (tertiary/aromatic N) is 2. The van der Waals surface area contributed by atoms with E-state index in [4.69, 9.17) is 16.0 Å². The van der Waals surface area contributed by atoms with Crippen LogP contribution in [-0.4, -0.2) is 43.4 Å². The maximum atomic E-state index is 11.8. The zero-order valence-electron chi connectivity index (χ0n) is 14.5. The van der Waals surface area contributed by atoms with Crippen LogP contribution in [0.4, 0.5) is 0 Å². The molecule has 0 saturated carbocycles. The van der Waals surface area contributed by atoms with Crippen molar-refractivity contribution in [3.05, 3.63) is 59.0 Å². The van der Waals surface area contributed by atoms with Gasteiger partial charge in [0.05, 0.1) is 12.8 Å². The van der Waals surface area contributed by atoms with E-state index in [1.807, 2.05) is 43.1 Å². The van der Waals surface area contributed by atoms with Crippen LogP contribution in [0.25, 0.3) is 0 Å². The summed E-state index contributed by atoms with van der Waals surface area (Å²) in [7, 11) is 1.96. The maximum Gasteiger partial charge on any atom is 0.287 e. The number of carbonyl (C=O) groups is 1. The molecule has 1 aromatic carbocycles. The molecule has 1 heterocycles. The first kappa shape index (κ1) is 18.9. The third-order valence-electron chi connectivity index (χ3n) is 3.41. The minimum absolute atomic E-state index is 0.238. The number of amides is 1. The van der Waals surface area contributed by atoms with Gasteiger partial charge >= 0.3 is 0 Å². The molecule has 2 N–H and O–H groups in total. The number of carbonyl (C=O) groups excluding carboxylic acids is 1. The summed E-state index contributed by atoms with van der Waals surface area (Å²) >= 11 is 6.03. The van der Waals surface area contributed by atoms with Gasteiger partial charge in [0.1, 0.15) is 0 Å². The second-order valence-electron chi connectivity index (χ2n) is 5.45. The van der Waals surface area contributed by atoms with Crippen molar-refractivity contribution in [3.8, 4) is 0 Å². The number of halogens is 1. The highest BCUT2D eigenvalue weighted by molar-refractivity contribution is 6.30. The average Bonchev–Trinajstić information content (AvgIpc) is 3.12. The van der Waals surface area contributed by atoms with Gasteiger partial charge in [-0.1, -0.05) is 23.7 Å². The quantitative estimate of drug-likeness (QED) is 0.451. The largest absolute Gasteiger partial charge is 0.459 e. The van der Waals surface area contributed by atoms with Gasteiger partial charge in [0.25, 0.3) is 5.91 Å². The Bertz CT molecular complexity index is 701. The number of hydrogen-bond donors (Lipinski definition) is 2. The second-order valence-corrected chi connectivity index (χ2v) is 5.89. The van der Waals surface area contributed by atoms with E-state index < -0.39 is 0 Å². The van der Waals surface area contributed by atoms with Gasteiger partial charge in [-0.2, -0.15) is 0 Å². The number of guanidine groups is 1. The van der Waals surface area contributed by atoms with Crippen molar-refractivity contribution in [2.75, 3.05) is 26.7 Å². The van der Waals surface area contributed by atoms with Gasteiger partial charge in [0.15, 0.2) is 11.7 Å². The van der Waals surface area contributed by atoms with Crippen LogP contribution in [0, 0.1) is 0 Å². The Hall–Kier alpha value is -2.47. The minimum atomic E-state index is -0.238. The first-order valence-electron chi connectivity index (χ1n) is 8.15. The summed E-state index contributed by atoms with van der Waals surface area (Å²) < 4.78 is 5.05. The lowest BCUT2D eigenvalue weighted by atomic mass is 10.2. The highest BCUT2D eigenvalue weighted by Crippen LogP contribution is 2.12. The van der Waals surface area contributed by atoms with Crippen molar-refractivity contribution in [2.24, 2.45) is 4.99 Å². The van der Waals surface area contributed by atoms with E-state index in [-0.39, 0.29) is 5.91 Å². The smallest absolute Gasteiger partial charge is 0.287 e. The fourth-order valence-electron chi connectivity index (χ4n) is 2.28. The summed E-state index contributed by atoms with van der Waals surface area (Å²) in [5, 5.41) is 6.74. The SMILES string of the molecule is CCNC(=NCCNC(=O)c1ccco1)N(C)Cc1cccc(Cl)c1. The molecule has 134 valence electrons. The number of nitrogens with one attached hydrogen (secondary N) is 2. The van der Waals surface area contributed by atoms with E-state index in [1.54, 1.807) is 12.1 Å². The predicted molar refractivity (Wildman–Crippen MR) is 99.9 cm³/mol. The van der Waals surface area contributed by atoms with Crippen molar-refractivity contribution in [2.45, 2.75) is 13.5 Å². The van der Waals surface area contributed by atoms with Gasteiger partial charge in [-0.15, -0.1) is 0 Å². The third-order valence-corrected chi connectivity index (χ3v) is 3.64. The lowest BCUT2D eigenvalue weighted by Gasteiger charge is -2.22. The Morgan fingerprint density at radius 1 is 1.28 bits per heavy atom. The van der Waals surface area contributed by atoms with Gasteiger partial charge in [0.2, 0.25) is 0 Å². The molecule has 0 unspecified atom stereocenters. The minimum Gasteiger partial charge on any atom is -0.459 e. The summed E-state index contributed by atoms with van der Waals surface area (Å²) in [6.45, 7) is 4.36. The first-order valence-corrected chi connectivity index (χ1v) is 8.53. The molecular weight excluding hydrogens is 340 g/mol. The highest BCUT2D eigenvalue weighted by Gasteiger charge is 2.08. The molecule has 0 fully saturated rings. The van der Waals surface area contributed by atoms with Crippen LogP contribution >= 0.6 is 11.6 Å². The van der Waals surface area contributed by atoms with Crippen LogP contribution < -0.4 is 10.6 Å². The van der Waals surface area contributed by atoms with E-state index in [1.165, 1.54) is 6.26 Å². The van der Waals surface area contributed by atoms with Crippen LogP contribution in [0.1, 0.15) is 23.0 Å². The second kappa shape index (κ2) is 9.74. The summed E-state index contributed by atoms with van der Waals surface area (Å²) in [6, 6.07) is 11.1.